The van der Waals surface area contributed by atoms with Gasteiger partial charge in [-0.2, -0.15) is 13.2 Å². The Hall–Kier alpha value is -2.34. The molecule has 164 valence electrons. The van der Waals surface area contributed by atoms with E-state index in [9.17, 15) is 31.7 Å². The molecule has 0 unspecified atom stereocenters. The zero-order chi connectivity index (χ0) is 23.0. The lowest BCUT2D eigenvalue weighted by Crippen LogP contribution is -2.30. The smallest absolute Gasteiger partial charge is 0.261 e. The van der Waals surface area contributed by atoms with Crippen molar-refractivity contribution in [1.82, 2.24) is 0 Å². The Bertz CT molecular complexity index is 1230. The number of nitrogens with zero attached hydrogens (tertiary/aromatic N) is 2. The molecular formula is C18H11Cl2F3N2O4S2. The number of halogens is 5. The summed E-state index contributed by atoms with van der Waals surface area (Å²) in [7, 11) is -4.41. The summed E-state index contributed by atoms with van der Waals surface area (Å²) in [6, 6.07) is 10.6. The van der Waals surface area contributed by atoms with Crippen LogP contribution in [-0.2, 0) is 22.7 Å². The SMILES string of the molecule is O=[N+]([O-])c1cc(S(=O)(=O)N(Cc2cccc(C(F)(F)F)c2)c2ccc(Cl)cc2)sc1Cl. The fourth-order valence-electron chi connectivity index (χ4n) is 2.63. The third-order valence-electron chi connectivity index (χ3n) is 4.08. The van der Waals surface area contributed by atoms with E-state index in [1.165, 1.54) is 30.3 Å². The van der Waals surface area contributed by atoms with Gasteiger partial charge in [0.2, 0.25) is 0 Å². The van der Waals surface area contributed by atoms with Gasteiger partial charge in [-0.1, -0.05) is 35.3 Å². The summed E-state index contributed by atoms with van der Waals surface area (Å²) in [6.07, 6.45) is -4.61. The monoisotopic (exact) mass is 510 g/mol. The first-order valence-corrected chi connectivity index (χ1v) is 11.3. The topological polar surface area (TPSA) is 80.5 Å². The first-order valence-electron chi connectivity index (χ1n) is 8.28. The standard InChI is InChI=1S/C18H11Cl2F3N2O4S2/c19-13-4-6-14(7-5-13)24(10-11-2-1-3-12(8-11)18(21,22)23)31(28,29)16-9-15(25(26)27)17(20)30-16/h1-9H,10H2. The highest BCUT2D eigenvalue weighted by atomic mass is 35.5. The van der Waals surface area contributed by atoms with E-state index in [-0.39, 0.29) is 15.6 Å². The van der Waals surface area contributed by atoms with E-state index in [1.807, 2.05) is 0 Å². The second kappa shape index (κ2) is 8.65. The van der Waals surface area contributed by atoms with Crippen molar-refractivity contribution in [3.63, 3.8) is 0 Å². The zero-order valence-electron chi connectivity index (χ0n) is 15.1. The van der Waals surface area contributed by atoms with E-state index in [1.54, 1.807) is 0 Å². The molecular weight excluding hydrogens is 500 g/mol. The second-order valence-electron chi connectivity index (χ2n) is 6.17. The molecule has 0 aliphatic carbocycles. The van der Waals surface area contributed by atoms with Gasteiger partial charge in [-0.3, -0.25) is 14.4 Å². The highest BCUT2D eigenvalue weighted by molar-refractivity contribution is 7.94. The van der Waals surface area contributed by atoms with Gasteiger partial charge in [-0.25, -0.2) is 8.42 Å². The van der Waals surface area contributed by atoms with E-state index in [2.05, 4.69) is 0 Å². The Morgan fingerprint density at radius 2 is 1.71 bits per heavy atom. The van der Waals surface area contributed by atoms with Crippen LogP contribution in [0.5, 0.6) is 0 Å². The Morgan fingerprint density at radius 1 is 1.06 bits per heavy atom. The lowest BCUT2D eigenvalue weighted by atomic mass is 10.1. The van der Waals surface area contributed by atoms with Crippen molar-refractivity contribution in [1.29, 1.82) is 0 Å². The van der Waals surface area contributed by atoms with Crippen LogP contribution in [-0.4, -0.2) is 13.3 Å². The lowest BCUT2D eigenvalue weighted by Gasteiger charge is -2.24. The summed E-state index contributed by atoms with van der Waals surface area (Å²) in [4.78, 5) is 10.2. The number of thiophene rings is 1. The van der Waals surface area contributed by atoms with Gasteiger partial charge in [0.05, 0.1) is 22.7 Å². The molecule has 13 heteroatoms. The van der Waals surface area contributed by atoms with Crippen LogP contribution in [0, 0.1) is 10.1 Å². The van der Waals surface area contributed by atoms with Crippen LogP contribution in [0.2, 0.25) is 9.36 Å². The summed E-state index contributed by atoms with van der Waals surface area (Å²) in [5.41, 5.74) is -1.35. The van der Waals surface area contributed by atoms with E-state index in [0.717, 1.165) is 28.6 Å². The summed E-state index contributed by atoms with van der Waals surface area (Å²) < 4.78 is 65.9. The maximum absolute atomic E-state index is 13.3. The molecule has 31 heavy (non-hydrogen) atoms. The van der Waals surface area contributed by atoms with Crippen molar-refractivity contribution < 1.29 is 26.5 Å². The van der Waals surface area contributed by atoms with Crippen molar-refractivity contribution in [3.8, 4) is 0 Å². The molecule has 0 amide bonds. The summed E-state index contributed by atoms with van der Waals surface area (Å²) in [5.74, 6) is 0. The van der Waals surface area contributed by atoms with Gasteiger partial charge >= 0.3 is 6.18 Å². The van der Waals surface area contributed by atoms with E-state index < -0.39 is 43.1 Å². The average molecular weight is 511 g/mol. The number of anilines is 1. The predicted octanol–water partition coefficient (Wildman–Crippen LogP) is 6.38. The van der Waals surface area contributed by atoms with Crippen LogP contribution < -0.4 is 4.31 Å². The Balaban J connectivity index is 2.10. The number of nitro groups is 1. The summed E-state index contributed by atoms with van der Waals surface area (Å²) in [6.45, 7) is -0.461. The maximum Gasteiger partial charge on any atom is 0.416 e. The van der Waals surface area contributed by atoms with Crippen molar-refractivity contribution in [2.75, 3.05) is 4.31 Å². The van der Waals surface area contributed by atoms with E-state index in [0.29, 0.717) is 16.4 Å². The molecule has 0 aliphatic rings. The second-order valence-corrected chi connectivity index (χ2v) is 10.3. The van der Waals surface area contributed by atoms with Gasteiger partial charge in [0.25, 0.3) is 15.7 Å². The molecule has 1 heterocycles. The molecule has 3 aromatic rings. The summed E-state index contributed by atoms with van der Waals surface area (Å²) in [5, 5.41) is 11.4. The molecule has 2 aromatic carbocycles. The first kappa shape index (κ1) is 23.3. The number of benzene rings is 2. The van der Waals surface area contributed by atoms with Crippen LogP contribution in [0.3, 0.4) is 0 Å². The normalized spacial score (nSPS) is 12.0. The minimum absolute atomic E-state index is 0.0607. The van der Waals surface area contributed by atoms with Crippen molar-refractivity contribution in [3.05, 3.63) is 85.2 Å². The molecule has 0 bridgehead atoms. The van der Waals surface area contributed by atoms with E-state index >= 15 is 0 Å². The van der Waals surface area contributed by atoms with Gasteiger partial charge in [-0.15, -0.1) is 11.3 Å². The number of alkyl halides is 3. The quantitative estimate of drug-likeness (QED) is 0.284. The van der Waals surface area contributed by atoms with Crippen LogP contribution >= 0.6 is 34.5 Å². The Kier molecular flexibility index (Phi) is 6.51. The molecule has 6 nitrogen and oxygen atoms in total. The first-order chi connectivity index (χ1) is 14.4. The minimum Gasteiger partial charge on any atom is -0.261 e. The number of sulfonamides is 1. The number of rotatable bonds is 6. The molecule has 0 fully saturated rings. The van der Waals surface area contributed by atoms with Gasteiger partial charge in [0.15, 0.2) is 4.34 Å². The lowest BCUT2D eigenvalue weighted by molar-refractivity contribution is -0.384. The largest absolute Gasteiger partial charge is 0.416 e. The van der Waals surface area contributed by atoms with Gasteiger partial charge < -0.3 is 0 Å². The Labute approximate surface area is 188 Å². The number of hydrogen-bond acceptors (Lipinski definition) is 5. The molecule has 0 radical (unpaired) electrons. The van der Waals surface area contributed by atoms with Gasteiger partial charge in [0.1, 0.15) is 4.21 Å². The third kappa shape index (κ3) is 5.12. The van der Waals surface area contributed by atoms with Crippen LogP contribution in [0.1, 0.15) is 11.1 Å². The van der Waals surface area contributed by atoms with Crippen molar-refractivity contribution in [2.45, 2.75) is 16.9 Å². The van der Waals surface area contributed by atoms with Crippen LogP contribution in [0.4, 0.5) is 24.5 Å². The van der Waals surface area contributed by atoms with Crippen molar-refractivity contribution in [2.24, 2.45) is 0 Å². The fraction of sp³-hybridized carbons (Fsp3) is 0.111. The maximum atomic E-state index is 13.3. The van der Waals surface area contributed by atoms with Gasteiger partial charge in [0, 0.05) is 11.1 Å². The Morgan fingerprint density at radius 3 is 2.26 bits per heavy atom. The molecule has 0 aliphatic heterocycles. The molecule has 0 N–H and O–H groups in total. The third-order valence-corrected chi connectivity index (χ3v) is 7.90. The van der Waals surface area contributed by atoms with E-state index in [4.69, 9.17) is 23.2 Å². The number of hydrogen-bond donors (Lipinski definition) is 0. The highest BCUT2D eigenvalue weighted by Crippen LogP contribution is 2.39. The summed E-state index contributed by atoms with van der Waals surface area (Å²) >= 11 is 12.1. The highest BCUT2D eigenvalue weighted by Gasteiger charge is 2.33. The minimum atomic E-state index is -4.61. The fourth-order valence-corrected chi connectivity index (χ4v) is 5.99. The zero-order valence-corrected chi connectivity index (χ0v) is 18.3. The molecule has 3 rings (SSSR count). The molecule has 1 aromatic heterocycles. The molecule has 0 spiro atoms. The average Bonchev–Trinajstić information content (AvgIpc) is 3.09. The molecule has 0 saturated heterocycles. The predicted molar refractivity (Wildman–Crippen MR) is 112 cm³/mol. The van der Waals surface area contributed by atoms with Crippen LogP contribution in [0.25, 0.3) is 0 Å². The molecule has 0 atom stereocenters. The van der Waals surface area contributed by atoms with Gasteiger partial charge in [-0.05, 0) is 42.0 Å². The molecule has 0 saturated carbocycles. The van der Waals surface area contributed by atoms with Crippen LogP contribution in [0.15, 0.2) is 58.8 Å². The van der Waals surface area contributed by atoms with Crippen molar-refractivity contribution >= 4 is 55.9 Å².